The predicted octanol–water partition coefficient (Wildman–Crippen LogP) is 0.263. The van der Waals surface area contributed by atoms with E-state index in [-0.39, 0.29) is 11.1 Å². The minimum absolute atomic E-state index is 0.0236. The van der Waals surface area contributed by atoms with Gasteiger partial charge in [-0.2, -0.15) is 0 Å². The van der Waals surface area contributed by atoms with E-state index in [9.17, 15) is 0 Å². The molecule has 2 saturated heterocycles. The summed E-state index contributed by atoms with van der Waals surface area (Å²) in [6, 6.07) is 0. The van der Waals surface area contributed by atoms with Crippen LogP contribution >= 0.6 is 0 Å². The number of nitrogens with two attached hydrogens (primary N) is 1. The summed E-state index contributed by atoms with van der Waals surface area (Å²) in [7, 11) is 0. The van der Waals surface area contributed by atoms with Gasteiger partial charge in [-0.15, -0.1) is 0 Å². The molecule has 88 valence electrons. The van der Waals surface area contributed by atoms with Crippen molar-refractivity contribution in [3.8, 4) is 0 Å². The standard InChI is InChI=1S/C11H22N2O2/c1-10(3-2-5-15-10)7-13-8-11(12)4-6-14-9-11/h13H,2-9,12H2,1H3. The van der Waals surface area contributed by atoms with Crippen molar-refractivity contribution in [1.82, 2.24) is 5.32 Å². The van der Waals surface area contributed by atoms with E-state index in [0.29, 0.717) is 6.61 Å². The van der Waals surface area contributed by atoms with Crippen molar-refractivity contribution in [1.29, 1.82) is 0 Å². The first-order chi connectivity index (χ1) is 7.12. The van der Waals surface area contributed by atoms with Crippen LogP contribution in [0.1, 0.15) is 26.2 Å². The lowest BCUT2D eigenvalue weighted by Gasteiger charge is -2.27. The van der Waals surface area contributed by atoms with Crippen LogP contribution in [0, 0.1) is 0 Å². The molecular weight excluding hydrogens is 192 g/mol. The SMILES string of the molecule is CC1(CNCC2(N)CCOC2)CCCO1. The van der Waals surface area contributed by atoms with Gasteiger partial charge in [-0.25, -0.2) is 0 Å². The van der Waals surface area contributed by atoms with Gasteiger partial charge in [-0.3, -0.25) is 0 Å². The average molecular weight is 214 g/mol. The third-order valence-corrected chi connectivity index (χ3v) is 3.41. The van der Waals surface area contributed by atoms with Gasteiger partial charge in [0.2, 0.25) is 0 Å². The highest BCUT2D eigenvalue weighted by Crippen LogP contribution is 2.24. The van der Waals surface area contributed by atoms with E-state index in [0.717, 1.165) is 39.1 Å². The maximum absolute atomic E-state index is 6.16. The third kappa shape index (κ3) is 2.91. The number of ether oxygens (including phenoxy) is 2. The fourth-order valence-electron chi connectivity index (χ4n) is 2.31. The number of rotatable bonds is 4. The summed E-state index contributed by atoms with van der Waals surface area (Å²) in [6.07, 6.45) is 3.28. The normalized spacial score (nSPS) is 41.2. The Morgan fingerprint density at radius 1 is 1.27 bits per heavy atom. The van der Waals surface area contributed by atoms with E-state index in [2.05, 4.69) is 12.2 Å². The molecule has 2 fully saturated rings. The molecule has 2 aliphatic heterocycles. The molecule has 2 unspecified atom stereocenters. The van der Waals surface area contributed by atoms with Gasteiger partial charge >= 0.3 is 0 Å². The van der Waals surface area contributed by atoms with Gasteiger partial charge in [-0.05, 0) is 26.2 Å². The molecule has 0 spiro atoms. The second-order valence-electron chi connectivity index (χ2n) is 5.17. The summed E-state index contributed by atoms with van der Waals surface area (Å²) in [6.45, 7) is 6.26. The Labute approximate surface area is 91.5 Å². The molecule has 0 radical (unpaired) electrons. The molecule has 2 atom stereocenters. The van der Waals surface area contributed by atoms with E-state index in [1.54, 1.807) is 0 Å². The van der Waals surface area contributed by atoms with Crippen LogP contribution in [0.5, 0.6) is 0 Å². The monoisotopic (exact) mass is 214 g/mol. The van der Waals surface area contributed by atoms with Gasteiger partial charge in [0, 0.05) is 26.3 Å². The molecule has 2 heterocycles. The van der Waals surface area contributed by atoms with Crippen LogP contribution in [-0.4, -0.2) is 44.1 Å². The van der Waals surface area contributed by atoms with Crippen molar-refractivity contribution in [2.75, 3.05) is 32.9 Å². The molecule has 0 amide bonds. The summed E-state index contributed by atoms with van der Waals surface area (Å²) in [5.74, 6) is 0. The van der Waals surface area contributed by atoms with Gasteiger partial charge in [0.05, 0.1) is 17.7 Å². The summed E-state index contributed by atoms with van der Waals surface area (Å²) < 4.78 is 11.0. The summed E-state index contributed by atoms with van der Waals surface area (Å²) >= 11 is 0. The van der Waals surface area contributed by atoms with Crippen molar-refractivity contribution in [3.63, 3.8) is 0 Å². The molecule has 2 rings (SSSR count). The van der Waals surface area contributed by atoms with E-state index >= 15 is 0 Å². The van der Waals surface area contributed by atoms with Gasteiger partial charge < -0.3 is 20.5 Å². The molecule has 0 bridgehead atoms. The second kappa shape index (κ2) is 4.37. The first-order valence-electron chi connectivity index (χ1n) is 5.83. The van der Waals surface area contributed by atoms with Crippen LogP contribution < -0.4 is 11.1 Å². The Morgan fingerprint density at radius 3 is 2.73 bits per heavy atom. The van der Waals surface area contributed by atoms with E-state index in [1.807, 2.05) is 0 Å². The maximum Gasteiger partial charge on any atom is 0.0779 e. The smallest absolute Gasteiger partial charge is 0.0779 e. The zero-order chi connectivity index (χ0) is 10.8. The first-order valence-corrected chi connectivity index (χ1v) is 5.83. The highest BCUT2D eigenvalue weighted by Gasteiger charge is 2.33. The highest BCUT2D eigenvalue weighted by atomic mass is 16.5. The van der Waals surface area contributed by atoms with Crippen LogP contribution in [0.4, 0.5) is 0 Å². The fourth-order valence-corrected chi connectivity index (χ4v) is 2.31. The van der Waals surface area contributed by atoms with Crippen LogP contribution in [-0.2, 0) is 9.47 Å². The molecule has 0 aliphatic carbocycles. The van der Waals surface area contributed by atoms with Crippen molar-refractivity contribution >= 4 is 0 Å². The largest absolute Gasteiger partial charge is 0.379 e. The van der Waals surface area contributed by atoms with Gasteiger partial charge in [0.15, 0.2) is 0 Å². The molecule has 0 saturated carbocycles. The molecule has 3 N–H and O–H groups in total. The van der Waals surface area contributed by atoms with Crippen molar-refractivity contribution < 1.29 is 9.47 Å². The maximum atomic E-state index is 6.16. The van der Waals surface area contributed by atoms with E-state index < -0.39 is 0 Å². The molecule has 0 aromatic rings. The molecule has 0 aromatic carbocycles. The summed E-state index contributed by atoms with van der Waals surface area (Å²) in [4.78, 5) is 0. The lowest BCUT2D eigenvalue weighted by molar-refractivity contribution is 0.0198. The van der Waals surface area contributed by atoms with Crippen LogP contribution in [0.2, 0.25) is 0 Å². The van der Waals surface area contributed by atoms with Gasteiger partial charge in [0.1, 0.15) is 0 Å². The molecule has 15 heavy (non-hydrogen) atoms. The van der Waals surface area contributed by atoms with Crippen LogP contribution in [0.3, 0.4) is 0 Å². The number of nitrogens with one attached hydrogen (secondary N) is 1. The second-order valence-corrected chi connectivity index (χ2v) is 5.17. The fraction of sp³-hybridized carbons (Fsp3) is 1.00. The Morgan fingerprint density at radius 2 is 2.13 bits per heavy atom. The quantitative estimate of drug-likeness (QED) is 0.705. The Kier molecular flexibility index (Phi) is 3.30. The summed E-state index contributed by atoms with van der Waals surface area (Å²) in [5, 5.41) is 3.42. The average Bonchev–Trinajstić information content (AvgIpc) is 2.76. The first kappa shape index (κ1) is 11.3. The van der Waals surface area contributed by atoms with E-state index in [4.69, 9.17) is 15.2 Å². The molecule has 4 heteroatoms. The lowest BCUT2D eigenvalue weighted by atomic mass is 9.99. The Bertz CT molecular complexity index is 187. The third-order valence-electron chi connectivity index (χ3n) is 3.41. The Balaban J connectivity index is 1.69. The minimum Gasteiger partial charge on any atom is -0.379 e. The molecule has 0 aromatic heterocycles. The summed E-state index contributed by atoms with van der Waals surface area (Å²) in [5.41, 5.74) is 6.02. The zero-order valence-electron chi connectivity index (χ0n) is 9.55. The predicted molar refractivity (Wildman–Crippen MR) is 58.8 cm³/mol. The zero-order valence-corrected chi connectivity index (χ0v) is 9.55. The number of hydrogen-bond acceptors (Lipinski definition) is 4. The lowest BCUT2D eigenvalue weighted by Crippen LogP contribution is -2.52. The number of hydrogen-bond donors (Lipinski definition) is 2. The van der Waals surface area contributed by atoms with Crippen molar-refractivity contribution in [2.24, 2.45) is 5.73 Å². The van der Waals surface area contributed by atoms with Crippen LogP contribution in [0.25, 0.3) is 0 Å². The Hall–Kier alpha value is -0.160. The molecular formula is C11H22N2O2. The molecule has 2 aliphatic rings. The van der Waals surface area contributed by atoms with Crippen molar-refractivity contribution in [2.45, 2.75) is 37.3 Å². The van der Waals surface area contributed by atoms with Gasteiger partial charge in [-0.1, -0.05) is 0 Å². The highest BCUT2D eigenvalue weighted by molar-refractivity contribution is 4.92. The topological polar surface area (TPSA) is 56.5 Å². The van der Waals surface area contributed by atoms with Crippen LogP contribution in [0.15, 0.2) is 0 Å². The molecule has 4 nitrogen and oxygen atoms in total. The van der Waals surface area contributed by atoms with Crippen molar-refractivity contribution in [3.05, 3.63) is 0 Å². The van der Waals surface area contributed by atoms with Gasteiger partial charge in [0.25, 0.3) is 0 Å². The minimum atomic E-state index is -0.158. The van der Waals surface area contributed by atoms with E-state index in [1.165, 1.54) is 6.42 Å².